The van der Waals surface area contributed by atoms with Crippen LogP contribution in [0.1, 0.15) is 0 Å². The van der Waals surface area contributed by atoms with E-state index in [1.54, 1.807) is 0 Å². The molecule has 0 bridgehead atoms. The molecule has 0 atom stereocenters. The van der Waals surface area contributed by atoms with Gasteiger partial charge in [-0.1, -0.05) is 146 Å². The molecule has 14 aromatic rings. The fourth-order valence-electron chi connectivity index (χ4n) is 13.5. The van der Waals surface area contributed by atoms with E-state index in [-0.39, 0.29) is 13.4 Å². The summed E-state index contributed by atoms with van der Waals surface area (Å²) in [5, 5.41) is 11.7. The summed E-state index contributed by atoms with van der Waals surface area (Å²) < 4.78 is 33.0. The zero-order chi connectivity index (χ0) is 47.9. The van der Waals surface area contributed by atoms with Gasteiger partial charge in [-0.25, -0.2) is 0 Å². The van der Waals surface area contributed by atoms with Crippen molar-refractivity contribution in [2.75, 3.05) is 0 Å². The SMILES string of the molecule is c1ccc2c(c1)Oc1cc(-n3c4ccccc4c4ccccc43)cc3c1B2c1cc2c(cc1O3)c1ccccc1c1cc3c(cc12)B1c2ccccc2Oc2cc(-n4c5ccccc5c5ccccc54)cc(c21)O3. The van der Waals surface area contributed by atoms with Crippen LogP contribution in [0.15, 0.2) is 218 Å². The number of benzene rings is 12. The lowest BCUT2D eigenvalue weighted by Gasteiger charge is -2.34. The lowest BCUT2D eigenvalue weighted by atomic mass is 9.34. The Morgan fingerprint density at radius 2 is 0.527 bits per heavy atom. The van der Waals surface area contributed by atoms with Gasteiger partial charge in [0.25, 0.3) is 13.4 Å². The van der Waals surface area contributed by atoms with Gasteiger partial charge in [0.15, 0.2) is 0 Å². The Bertz CT molecular complexity index is 4490. The normalized spacial score (nSPS) is 13.5. The van der Waals surface area contributed by atoms with Crippen molar-refractivity contribution in [3.05, 3.63) is 218 Å². The Kier molecular flexibility index (Phi) is 7.41. The molecule has 0 saturated heterocycles. The number of ether oxygens (including phenoxy) is 4. The highest BCUT2D eigenvalue weighted by atomic mass is 16.5. The molecule has 6 heterocycles. The van der Waals surface area contributed by atoms with Gasteiger partial charge in [-0.15, -0.1) is 0 Å². The van der Waals surface area contributed by atoms with Crippen LogP contribution >= 0.6 is 0 Å². The number of hydrogen-bond acceptors (Lipinski definition) is 4. The molecule has 0 amide bonds. The molecule has 0 fully saturated rings. The van der Waals surface area contributed by atoms with E-state index >= 15 is 0 Å². The van der Waals surface area contributed by atoms with E-state index in [2.05, 4.69) is 228 Å². The second-order valence-corrected chi connectivity index (χ2v) is 20.2. The average molecular weight is 943 g/mol. The maximum Gasteiger partial charge on any atom is 0.260 e. The number of aromatic nitrogens is 2. The number of hydrogen-bond donors (Lipinski definition) is 0. The maximum atomic E-state index is 7.25. The van der Waals surface area contributed by atoms with Gasteiger partial charge in [0.2, 0.25) is 0 Å². The Morgan fingerprint density at radius 3 is 0.905 bits per heavy atom. The van der Waals surface area contributed by atoms with Crippen LogP contribution in [0.3, 0.4) is 0 Å². The van der Waals surface area contributed by atoms with Gasteiger partial charge in [-0.05, 0) is 103 Å². The fourth-order valence-corrected chi connectivity index (χ4v) is 13.5. The first-order chi connectivity index (χ1) is 36.7. The third kappa shape index (κ3) is 5.06. The Balaban J connectivity index is 0.865. The minimum Gasteiger partial charge on any atom is -0.458 e. The third-order valence-electron chi connectivity index (χ3n) is 16.5. The van der Waals surface area contributed by atoms with Crippen molar-refractivity contribution in [3.63, 3.8) is 0 Å². The second-order valence-electron chi connectivity index (χ2n) is 20.2. The summed E-state index contributed by atoms with van der Waals surface area (Å²) >= 11 is 0. The van der Waals surface area contributed by atoms with Crippen LogP contribution in [0.2, 0.25) is 0 Å². The average Bonchev–Trinajstić information content (AvgIpc) is 4.02. The van der Waals surface area contributed by atoms with Crippen LogP contribution in [-0.4, -0.2) is 22.6 Å². The molecule has 340 valence electrons. The highest BCUT2D eigenvalue weighted by Crippen LogP contribution is 2.45. The summed E-state index contributed by atoms with van der Waals surface area (Å²) in [4.78, 5) is 0. The van der Waals surface area contributed by atoms with Crippen LogP contribution in [0.5, 0.6) is 46.0 Å². The highest BCUT2D eigenvalue weighted by Gasteiger charge is 2.43. The molecule has 0 radical (unpaired) electrons. The summed E-state index contributed by atoms with van der Waals surface area (Å²) in [6, 6.07) is 78.5. The Labute approximate surface area is 423 Å². The summed E-state index contributed by atoms with van der Waals surface area (Å²) in [6.07, 6.45) is 0. The lowest BCUT2D eigenvalue weighted by molar-refractivity contribution is 0.464. The molecular weight excluding hydrogens is 906 g/mol. The van der Waals surface area contributed by atoms with E-state index in [1.165, 1.54) is 21.5 Å². The minimum atomic E-state index is -0.131. The molecule has 0 spiro atoms. The van der Waals surface area contributed by atoms with Crippen molar-refractivity contribution in [3.8, 4) is 57.4 Å². The Morgan fingerprint density at radius 1 is 0.230 bits per heavy atom. The van der Waals surface area contributed by atoms with Gasteiger partial charge in [0.1, 0.15) is 46.0 Å². The molecule has 18 rings (SSSR count). The molecule has 0 aliphatic carbocycles. The number of para-hydroxylation sites is 6. The van der Waals surface area contributed by atoms with Crippen LogP contribution in [0.25, 0.3) is 87.3 Å². The van der Waals surface area contributed by atoms with Crippen molar-refractivity contribution in [1.29, 1.82) is 0 Å². The van der Waals surface area contributed by atoms with Crippen molar-refractivity contribution < 1.29 is 18.9 Å². The molecular formula is C66H36B2N2O4. The number of nitrogens with zero attached hydrogens (tertiary/aromatic N) is 2. The first-order valence-corrected chi connectivity index (χ1v) is 25.4. The summed E-state index contributed by atoms with van der Waals surface area (Å²) in [5.74, 6) is 6.61. The standard InChI is InChI=1S/C66H36B2N2O4/c1-2-16-40-39(15-1)47-35-59-51(67-49-21-7-13-27-57(49)71-61-29-37(31-63(73-59)65(61)67)69-53-23-9-3-17-41(53)42-18-4-10-24-54(42)69)33-45(47)46-34-52-60(36-48(40)46)74-64-32-38(30-62-66(64)68(52)50-22-8-14-28-58(50)72-62)70-55-25-11-5-19-43(55)44-20-6-12-26-56(44)70/h1-36H. The molecule has 4 aliphatic heterocycles. The van der Waals surface area contributed by atoms with E-state index in [0.29, 0.717) is 0 Å². The molecule has 0 unspecified atom stereocenters. The third-order valence-corrected chi connectivity index (χ3v) is 16.5. The monoisotopic (exact) mass is 942 g/mol. The predicted octanol–water partition coefficient (Wildman–Crippen LogP) is 12.8. The highest BCUT2D eigenvalue weighted by molar-refractivity contribution is 6.99. The van der Waals surface area contributed by atoms with E-state index in [9.17, 15) is 0 Å². The Hall–Kier alpha value is -9.65. The van der Waals surface area contributed by atoms with E-state index in [4.69, 9.17) is 18.9 Å². The molecule has 2 aromatic heterocycles. The van der Waals surface area contributed by atoms with Gasteiger partial charge in [-0.3, -0.25) is 0 Å². The molecule has 0 N–H and O–H groups in total. The largest absolute Gasteiger partial charge is 0.458 e. The number of fused-ring (bicyclic) bond motifs is 20. The molecule has 74 heavy (non-hydrogen) atoms. The fraction of sp³-hybridized carbons (Fsp3) is 0. The molecule has 8 heteroatoms. The van der Waals surface area contributed by atoms with Crippen molar-refractivity contribution in [2.45, 2.75) is 0 Å². The van der Waals surface area contributed by atoms with E-state index in [0.717, 1.165) is 145 Å². The van der Waals surface area contributed by atoms with Crippen LogP contribution in [-0.2, 0) is 0 Å². The predicted molar refractivity (Wildman–Crippen MR) is 303 cm³/mol. The smallest absolute Gasteiger partial charge is 0.260 e. The van der Waals surface area contributed by atoms with Gasteiger partial charge in [0.05, 0.1) is 33.4 Å². The van der Waals surface area contributed by atoms with Crippen LogP contribution in [0.4, 0.5) is 0 Å². The first-order valence-electron chi connectivity index (χ1n) is 25.4. The van der Waals surface area contributed by atoms with Crippen molar-refractivity contribution in [1.82, 2.24) is 9.13 Å². The van der Waals surface area contributed by atoms with Gasteiger partial charge in [-0.2, -0.15) is 0 Å². The van der Waals surface area contributed by atoms with Crippen molar-refractivity contribution >= 4 is 122 Å². The lowest BCUT2D eigenvalue weighted by Crippen LogP contribution is -2.57. The summed E-state index contributed by atoms with van der Waals surface area (Å²) in [5.41, 5.74) is 13.1. The topological polar surface area (TPSA) is 46.8 Å². The van der Waals surface area contributed by atoms with Crippen LogP contribution in [0, 0.1) is 0 Å². The zero-order valence-corrected chi connectivity index (χ0v) is 39.5. The molecule has 12 aromatic carbocycles. The van der Waals surface area contributed by atoms with Crippen molar-refractivity contribution in [2.24, 2.45) is 0 Å². The minimum absolute atomic E-state index is 0.131. The zero-order valence-electron chi connectivity index (χ0n) is 39.5. The van der Waals surface area contributed by atoms with Gasteiger partial charge < -0.3 is 28.1 Å². The molecule has 0 saturated carbocycles. The molecule has 6 nitrogen and oxygen atoms in total. The summed E-state index contributed by atoms with van der Waals surface area (Å²) in [7, 11) is 0. The van der Waals surface area contributed by atoms with Crippen LogP contribution < -0.4 is 51.7 Å². The quantitative estimate of drug-likeness (QED) is 0.128. The van der Waals surface area contributed by atoms with E-state index < -0.39 is 0 Å². The van der Waals surface area contributed by atoms with E-state index in [1.807, 2.05) is 0 Å². The number of rotatable bonds is 2. The summed E-state index contributed by atoms with van der Waals surface area (Å²) in [6.45, 7) is -0.262. The first kappa shape index (κ1) is 39.0. The maximum absolute atomic E-state index is 7.25. The molecule has 4 aliphatic rings. The van der Waals surface area contributed by atoms with Gasteiger partial charge >= 0.3 is 0 Å². The van der Waals surface area contributed by atoms with Gasteiger partial charge in [0, 0.05) is 56.7 Å². The second kappa shape index (κ2) is 14.1.